The largest absolute Gasteiger partial charge is 0.508 e. The molecule has 0 heterocycles. The summed E-state index contributed by atoms with van der Waals surface area (Å²) in [6.45, 7) is 0. The highest BCUT2D eigenvalue weighted by molar-refractivity contribution is 5.38. The van der Waals surface area contributed by atoms with Crippen molar-refractivity contribution in [1.82, 2.24) is 0 Å². The Morgan fingerprint density at radius 3 is 2.15 bits per heavy atom. The summed E-state index contributed by atoms with van der Waals surface area (Å²) in [5.41, 5.74) is 2.17. The van der Waals surface area contributed by atoms with Gasteiger partial charge in [-0.2, -0.15) is 0 Å². The zero-order valence-electron chi connectivity index (χ0n) is 11.9. The Bertz CT molecular complexity index is 542. The fraction of sp³-hybridized carbons (Fsp3) is 0.294. The van der Waals surface area contributed by atoms with Gasteiger partial charge in [0.1, 0.15) is 17.2 Å². The van der Waals surface area contributed by atoms with Crippen LogP contribution in [0, 0.1) is 0 Å². The molecule has 0 saturated heterocycles. The van der Waals surface area contributed by atoms with Crippen LogP contribution >= 0.6 is 0 Å². The molecule has 0 atom stereocenters. The van der Waals surface area contributed by atoms with Crippen molar-refractivity contribution in [3.63, 3.8) is 0 Å². The quantitative estimate of drug-likeness (QED) is 0.873. The first-order valence-corrected chi connectivity index (χ1v) is 6.71. The van der Waals surface area contributed by atoms with Gasteiger partial charge in [-0.1, -0.05) is 18.2 Å². The lowest BCUT2D eigenvalue weighted by molar-refractivity contribution is 0.393. The zero-order chi connectivity index (χ0) is 14.4. The summed E-state index contributed by atoms with van der Waals surface area (Å²) in [4.78, 5) is 0. The van der Waals surface area contributed by atoms with Crippen LogP contribution in [0.2, 0.25) is 0 Å². The van der Waals surface area contributed by atoms with Gasteiger partial charge >= 0.3 is 0 Å². The topological polar surface area (TPSA) is 38.7 Å². The molecular weight excluding hydrogens is 252 g/mol. The first-order valence-electron chi connectivity index (χ1n) is 6.71. The lowest BCUT2D eigenvalue weighted by Gasteiger charge is -2.09. The van der Waals surface area contributed by atoms with Gasteiger partial charge in [0.25, 0.3) is 0 Å². The van der Waals surface area contributed by atoms with Gasteiger partial charge in [-0.05, 0) is 48.6 Å². The Morgan fingerprint density at radius 1 is 0.900 bits per heavy atom. The Labute approximate surface area is 119 Å². The van der Waals surface area contributed by atoms with Gasteiger partial charge in [0.05, 0.1) is 14.2 Å². The minimum absolute atomic E-state index is 0.371. The van der Waals surface area contributed by atoms with E-state index in [0.717, 1.165) is 36.3 Å². The van der Waals surface area contributed by atoms with Crippen molar-refractivity contribution in [2.75, 3.05) is 14.2 Å². The van der Waals surface area contributed by atoms with E-state index in [1.54, 1.807) is 20.3 Å². The van der Waals surface area contributed by atoms with Crippen LogP contribution in [-0.2, 0) is 12.8 Å². The Kier molecular flexibility index (Phi) is 4.88. The van der Waals surface area contributed by atoms with Crippen LogP contribution in [-0.4, -0.2) is 19.3 Å². The summed E-state index contributed by atoms with van der Waals surface area (Å²) in [6, 6.07) is 13.4. The number of aryl methyl sites for hydroxylation is 2. The van der Waals surface area contributed by atoms with E-state index in [-0.39, 0.29) is 0 Å². The van der Waals surface area contributed by atoms with E-state index in [1.165, 1.54) is 5.56 Å². The van der Waals surface area contributed by atoms with Crippen molar-refractivity contribution in [3.05, 3.63) is 53.6 Å². The molecule has 0 aliphatic rings. The third-order valence-electron chi connectivity index (χ3n) is 3.31. The average molecular weight is 272 g/mol. The second-order valence-electron chi connectivity index (χ2n) is 4.70. The number of phenols is 1. The monoisotopic (exact) mass is 272 g/mol. The van der Waals surface area contributed by atoms with Crippen LogP contribution in [0.5, 0.6) is 17.2 Å². The molecule has 2 rings (SSSR count). The normalized spacial score (nSPS) is 10.3. The van der Waals surface area contributed by atoms with Gasteiger partial charge in [-0.25, -0.2) is 0 Å². The molecular formula is C17H20O3. The number of ether oxygens (including phenoxy) is 2. The fourth-order valence-corrected chi connectivity index (χ4v) is 2.22. The van der Waals surface area contributed by atoms with Gasteiger partial charge in [0.2, 0.25) is 0 Å². The van der Waals surface area contributed by atoms with Gasteiger partial charge < -0.3 is 14.6 Å². The molecule has 0 amide bonds. The van der Waals surface area contributed by atoms with E-state index in [0.29, 0.717) is 5.75 Å². The summed E-state index contributed by atoms with van der Waals surface area (Å²) in [5.74, 6) is 1.99. The second-order valence-corrected chi connectivity index (χ2v) is 4.70. The summed E-state index contributed by atoms with van der Waals surface area (Å²) in [5, 5.41) is 9.73. The Morgan fingerprint density at radius 2 is 1.55 bits per heavy atom. The van der Waals surface area contributed by atoms with Gasteiger partial charge in [0, 0.05) is 6.07 Å². The lowest BCUT2D eigenvalue weighted by atomic mass is 10.0. The minimum atomic E-state index is 0.371. The summed E-state index contributed by atoms with van der Waals surface area (Å²) in [7, 11) is 3.31. The number of rotatable bonds is 6. The summed E-state index contributed by atoms with van der Waals surface area (Å²) >= 11 is 0. The molecule has 0 bridgehead atoms. The standard InChI is InChI=1S/C17H20O3/c1-19-15-10-13(11-16(12-15)20-2)6-5-8-14-7-3-4-9-17(14)18/h3-4,7,9-12,18H,5-6,8H2,1-2H3. The maximum Gasteiger partial charge on any atom is 0.122 e. The van der Waals surface area contributed by atoms with Crippen molar-refractivity contribution < 1.29 is 14.6 Å². The number of benzene rings is 2. The minimum Gasteiger partial charge on any atom is -0.508 e. The molecule has 20 heavy (non-hydrogen) atoms. The molecule has 0 aliphatic carbocycles. The van der Waals surface area contributed by atoms with Crippen LogP contribution in [0.25, 0.3) is 0 Å². The van der Waals surface area contributed by atoms with Crippen molar-refractivity contribution in [2.45, 2.75) is 19.3 Å². The summed E-state index contributed by atoms with van der Waals surface area (Å²) in [6.07, 6.45) is 2.74. The Balaban J connectivity index is 1.99. The molecule has 2 aromatic rings. The van der Waals surface area contributed by atoms with E-state index in [4.69, 9.17) is 9.47 Å². The van der Waals surface area contributed by atoms with Crippen molar-refractivity contribution in [3.8, 4) is 17.2 Å². The number of para-hydroxylation sites is 1. The highest BCUT2D eigenvalue weighted by atomic mass is 16.5. The van der Waals surface area contributed by atoms with Gasteiger partial charge in [-0.3, -0.25) is 0 Å². The molecule has 2 aromatic carbocycles. The van der Waals surface area contributed by atoms with Crippen LogP contribution in [0.4, 0.5) is 0 Å². The number of aromatic hydroxyl groups is 1. The highest BCUT2D eigenvalue weighted by Crippen LogP contribution is 2.24. The molecule has 0 radical (unpaired) electrons. The van der Waals surface area contributed by atoms with Crippen molar-refractivity contribution in [1.29, 1.82) is 0 Å². The van der Waals surface area contributed by atoms with E-state index in [2.05, 4.69) is 0 Å². The third-order valence-corrected chi connectivity index (χ3v) is 3.31. The fourth-order valence-electron chi connectivity index (χ4n) is 2.22. The third kappa shape index (κ3) is 3.67. The number of phenolic OH excluding ortho intramolecular Hbond substituents is 1. The lowest BCUT2D eigenvalue weighted by Crippen LogP contribution is -1.94. The molecule has 0 unspecified atom stereocenters. The van der Waals surface area contributed by atoms with Gasteiger partial charge in [0.15, 0.2) is 0 Å². The smallest absolute Gasteiger partial charge is 0.122 e. The first kappa shape index (κ1) is 14.3. The SMILES string of the molecule is COc1cc(CCCc2ccccc2O)cc(OC)c1. The molecule has 1 N–H and O–H groups in total. The number of hydrogen-bond acceptors (Lipinski definition) is 3. The van der Waals surface area contributed by atoms with E-state index in [1.807, 2.05) is 36.4 Å². The van der Waals surface area contributed by atoms with Crippen LogP contribution in [0.3, 0.4) is 0 Å². The van der Waals surface area contributed by atoms with Crippen LogP contribution in [0.1, 0.15) is 17.5 Å². The maximum atomic E-state index is 9.73. The number of hydrogen-bond donors (Lipinski definition) is 1. The van der Waals surface area contributed by atoms with Gasteiger partial charge in [-0.15, -0.1) is 0 Å². The highest BCUT2D eigenvalue weighted by Gasteiger charge is 2.04. The molecule has 0 aliphatic heterocycles. The molecule has 0 saturated carbocycles. The number of methoxy groups -OCH3 is 2. The first-order chi connectivity index (χ1) is 9.72. The predicted molar refractivity (Wildman–Crippen MR) is 79.7 cm³/mol. The molecule has 3 nitrogen and oxygen atoms in total. The molecule has 106 valence electrons. The molecule has 3 heteroatoms. The molecule has 0 fully saturated rings. The van der Waals surface area contributed by atoms with Crippen molar-refractivity contribution in [2.24, 2.45) is 0 Å². The van der Waals surface area contributed by atoms with E-state index < -0.39 is 0 Å². The average Bonchev–Trinajstić information content (AvgIpc) is 2.48. The van der Waals surface area contributed by atoms with Crippen LogP contribution in [0.15, 0.2) is 42.5 Å². The summed E-state index contributed by atoms with van der Waals surface area (Å²) < 4.78 is 10.5. The second kappa shape index (κ2) is 6.85. The van der Waals surface area contributed by atoms with Crippen LogP contribution < -0.4 is 9.47 Å². The molecule has 0 spiro atoms. The van der Waals surface area contributed by atoms with E-state index >= 15 is 0 Å². The zero-order valence-corrected chi connectivity index (χ0v) is 11.9. The predicted octanol–water partition coefficient (Wildman–Crippen LogP) is 3.58. The van der Waals surface area contributed by atoms with E-state index in [9.17, 15) is 5.11 Å². The maximum absolute atomic E-state index is 9.73. The molecule has 0 aromatic heterocycles. The Hall–Kier alpha value is -2.16. The van der Waals surface area contributed by atoms with Crippen molar-refractivity contribution >= 4 is 0 Å².